The van der Waals surface area contributed by atoms with Gasteiger partial charge in [0.15, 0.2) is 0 Å². The Hall–Kier alpha value is -2.04. The second-order valence-electron chi connectivity index (χ2n) is 8.33. The molecule has 5 nitrogen and oxygen atoms in total. The molecule has 0 saturated heterocycles. The van der Waals surface area contributed by atoms with Gasteiger partial charge >= 0.3 is 6.09 Å². The van der Waals surface area contributed by atoms with E-state index in [1.165, 1.54) is 0 Å². The fraction of sp³-hybridized carbons (Fsp3) is 0.579. The number of nitrogens with zero attached hydrogens (tertiary/aromatic N) is 1. The van der Waals surface area contributed by atoms with Gasteiger partial charge in [0.25, 0.3) is 5.91 Å². The van der Waals surface area contributed by atoms with Gasteiger partial charge in [0.05, 0.1) is 0 Å². The van der Waals surface area contributed by atoms with E-state index in [-0.39, 0.29) is 11.3 Å². The smallest absolute Gasteiger partial charge is 0.412 e. The predicted octanol–water partition coefficient (Wildman–Crippen LogP) is 3.68. The van der Waals surface area contributed by atoms with Crippen LogP contribution in [-0.4, -0.2) is 35.1 Å². The second-order valence-corrected chi connectivity index (χ2v) is 8.33. The zero-order chi connectivity index (χ0) is 17.1. The minimum Gasteiger partial charge on any atom is -0.444 e. The second kappa shape index (κ2) is 4.98. The van der Waals surface area contributed by atoms with Crippen molar-refractivity contribution in [3.8, 4) is 0 Å². The highest BCUT2D eigenvalue weighted by atomic mass is 16.6. The van der Waals surface area contributed by atoms with E-state index in [1.54, 1.807) is 6.07 Å². The quantitative estimate of drug-likeness (QED) is 0.901. The molecule has 0 bridgehead atoms. The summed E-state index contributed by atoms with van der Waals surface area (Å²) in [5.41, 5.74) is 2.18. The number of carbonyl (C=O) groups excluding carboxylic acids is 2. The number of fused-ring (bicyclic) bond motifs is 2. The van der Waals surface area contributed by atoms with Crippen LogP contribution in [0.2, 0.25) is 0 Å². The highest BCUT2D eigenvalue weighted by Gasteiger charge is 2.53. The molecule has 1 aromatic carbocycles. The number of hydrogen-bond donors (Lipinski definition) is 1. The Morgan fingerprint density at radius 3 is 2.58 bits per heavy atom. The van der Waals surface area contributed by atoms with Crippen LogP contribution in [0, 0.1) is 0 Å². The average molecular weight is 328 g/mol. The van der Waals surface area contributed by atoms with Crippen molar-refractivity contribution in [2.75, 3.05) is 11.9 Å². The molecule has 2 saturated carbocycles. The first-order valence-electron chi connectivity index (χ1n) is 8.73. The molecule has 3 aliphatic rings. The van der Waals surface area contributed by atoms with Gasteiger partial charge in [-0.15, -0.1) is 0 Å². The molecule has 5 heteroatoms. The molecule has 1 aromatic rings. The zero-order valence-electron chi connectivity index (χ0n) is 14.5. The van der Waals surface area contributed by atoms with Crippen LogP contribution < -0.4 is 5.32 Å². The summed E-state index contributed by atoms with van der Waals surface area (Å²) >= 11 is 0. The zero-order valence-corrected chi connectivity index (χ0v) is 14.5. The van der Waals surface area contributed by atoms with E-state index >= 15 is 0 Å². The summed E-state index contributed by atoms with van der Waals surface area (Å²) < 4.78 is 5.31. The third-order valence-electron chi connectivity index (χ3n) is 5.04. The number of amides is 2. The van der Waals surface area contributed by atoms with E-state index in [2.05, 4.69) is 10.2 Å². The molecule has 4 rings (SSSR count). The fourth-order valence-electron chi connectivity index (χ4n) is 3.57. The topological polar surface area (TPSA) is 58.6 Å². The maximum absolute atomic E-state index is 12.7. The Morgan fingerprint density at radius 2 is 2.00 bits per heavy atom. The number of hydrogen-bond acceptors (Lipinski definition) is 3. The monoisotopic (exact) mass is 328 g/mol. The van der Waals surface area contributed by atoms with Crippen LogP contribution in [0.3, 0.4) is 0 Å². The lowest BCUT2D eigenvalue weighted by Crippen LogP contribution is -2.44. The minimum absolute atomic E-state index is 0.109. The first-order valence-corrected chi connectivity index (χ1v) is 8.73. The minimum atomic E-state index is -0.531. The average Bonchev–Trinajstić information content (AvgIpc) is 3.36. The van der Waals surface area contributed by atoms with Crippen LogP contribution in [0.1, 0.15) is 62.4 Å². The van der Waals surface area contributed by atoms with Crippen LogP contribution >= 0.6 is 0 Å². The summed E-state index contributed by atoms with van der Waals surface area (Å²) in [7, 11) is 0. The highest BCUT2D eigenvalue weighted by Crippen LogP contribution is 2.54. The van der Waals surface area contributed by atoms with Gasteiger partial charge in [-0.25, -0.2) is 4.79 Å². The molecule has 0 unspecified atom stereocenters. The Bertz CT molecular complexity index is 712. The van der Waals surface area contributed by atoms with E-state index in [0.717, 1.165) is 43.4 Å². The number of carbonyl (C=O) groups is 2. The van der Waals surface area contributed by atoms with E-state index in [1.807, 2.05) is 32.9 Å². The van der Waals surface area contributed by atoms with E-state index < -0.39 is 11.7 Å². The summed E-state index contributed by atoms with van der Waals surface area (Å²) in [5.74, 6) is 0.147. The van der Waals surface area contributed by atoms with Crippen molar-refractivity contribution >= 4 is 17.7 Å². The lowest BCUT2D eigenvalue weighted by Gasteiger charge is -2.35. The van der Waals surface area contributed by atoms with Gasteiger partial charge in [0.1, 0.15) is 5.60 Å². The van der Waals surface area contributed by atoms with Crippen molar-refractivity contribution in [1.29, 1.82) is 0 Å². The molecule has 0 radical (unpaired) electrons. The van der Waals surface area contributed by atoms with Gasteiger partial charge in [-0.1, -0.05) is 0 Å². The molecule has 0 atom stereocenters. The van der Waals surface area contributed by atoms with Gasteiger partial charge in [0, 0.05) is 29.3 Å². The van der Waals surface area contributed by atoms with Crippen molar-refractivity contribution in [2.24, 2.45) is 0 Å². The third-order valence-corrected chi connectivity index (χ3v) is 5.04. The van der Waals surface area contributed by atoms with Gasteiger partial charge in [-0.2, -0.15) is 0 Å². The summed E-state index contributed by atoms with van der Waals surface area (Å²) in [6, 6.07) is 6.07. The summed E-state index contributed by atoms with van der Waals surface area (Å²) in [4.78, 5) is 26.8. The van der Waals surface area contributed by atoms with Gasteiger partial charge < -0.3 is 9.64 Å². The van der Waals surface area contributed by atoms with E-state index in [4.69, 9.17) is 4.74 Å². The summed E-state index contributed by atoms with van der Waals surface area (Å²) in [5, 5.41) is 2.79. The van der Waals surface area contributed by atoms with Gasteiger partial charge in [-0.05, 0) is 70.2 Å². The molecular weight excluding hydrogens is 304 g/mol. The Labute approximate surface area is 142 Å². The lowest BCUT2D eigenvalue weighted by molar-refractivity contribution is 0.0635. The van der Waals surface area contributed by atoms with E-state index in [0.29, 0.717) is 11.7 Å². The van der Waals surface area contributed by atoms with Crippen LogP contribution in [0.15, 0.2) is 18.2 Å². The number of ether oxygens (including phenoxy) is 1. The van der Waals surface area contributed by atoms with Crippen molar-refractivity contribution in [2.45, 2.75) is 63.5 Å². The first-order chi connectivity index (χ1) is 11.3. The predicted molar refractivity (Wildman–Crippen MR) is 91.3 cm³/mol. The van der Waals surface area contributed by atoms with Crippen molar-refractivity contribution in [3.63, 3.8) is 0 Å². The number of nitrogens with one attached hydrogen (secondary N) is 1. The largest absolute Gasteiger partial charge is 0.444 e. The fourth-order valence-corrected chi connectivity index (χ4v) is 3.57. The van der Waals surface area contributed by atoms with Crippen LogP contribution in [-0.2, 0) is 10.2 Å². The van der Waals surface area contributed by atoms with Gasteiger partial charge in [-0.3, -0.25) is 10.1 Å². The van der Waals surface area contributed by atoms with E-state index in [9.17, 15) is 9.59 Å². The Balaban J connectivity index is 1.59. The standard InChI is InChI=1S/C19H24N2O3/c1-18(2,3)24-17(23)20-12-4-7-14-15(10-12)19(8-9-19)11-21(16(14)22)13-5-6-13/h4,7,10,13H,5-6,8-9,11H2,1-3H3,(H,20,23). The first kappa shape index (κ1) is 15.5. The Kier molecular flexibility index (Phi) is 3.21. The highest BCUT2D eigenvalue weighted by molar-refractivity contribution is 5.99. The maximum Gasteiger partial charge on any atom is 0.412 e. The molecule has 1 N–H and O–H groups in total. The van der Waals surface area contributed by atoms with Crippen molar-refractivity contribution < 1.29 is 14.3 Å². The summed E-state index contributed by atoms with van der Waals surface area (Å²) in [6.07, 6.45) is 4.04. The molecule has 0 aromatic heterocycles. The molecule has 2 fully saturated rings. The van der Waals surface area contributed by atoms with Crippen molar-refractivity contribution in [3.05, 3.63) is 29.3 Å². The maximum atomic E-state index is 12.7. The Morgan fingerprint density at radius 1 is 1.29 bits per heavy atom. The van der Waals surface area contributed by atoms with Crippen molar-refractivity contribution in [1.82, 2.24) is 4.90 Å². The molecule has 2 amide bonds. The van der Waals surface area contributed by atoms with Crippen LogP contribution in [0.5, 0.6) is 0 Å². The molecule has 1 spiro atoms. The third kappa shape index (κ3) is 2.76. The molecule has 128 valence electrons. The lowest BCUT2D eigenvalue weighted by atomic mass is 9.86. The number of anilines is 1. The molecule has 2 aliphatic carbocycles. The van der Waals surface area contributed by atoms with Gasteiger partial charge in [0.2, 0.25) is 0 Å². The number of rotatable bonds is 2. The number of benzene rings is 1. The SMILES string of the molecule is CC(C)(C)OC(=O)Nc1ccc2c(c1)C1(CC1)CN(C1CC1)C2=O. The molecular formula is C19H24N2O3. The molecule has 1 aliphatic heterocycles. The van der Waals surface area contributed by atoms with Crippen LogP contribution in [0.25, 0.3) is 0 Å². The molecule has 1 heterocycles. The molecule has 24 heavy (non-hydrogen) atoms. The van der Waals surface area contributed by atoms with Crippen LogP contribution in [0.4, 0.5) is 10.5 Å². The normalized spacial score (nSPS) is 21.5. The summed E-state index contributed by atoms with van der Waals surface area (Å²) in [6.45, 7) is 6.34.